The second-order valence-corrected chi connectivity index (χ2v) is 4.21. The zero-order valence-electron chi connectivity index (χ0n) is 9.59. The molecule has 1 aliphatic rings. The summed E-state index contributed by atoms with van der Waals surface area (Å²) >= 11 is 0. The van der Waals surface area contributed by atoms with Crippen LogP contribution in [0.3, 0.4) is 0 Å². The molecule has 0 aliphatic carbocycles. The minimum atomic E-state index is 0.267. The summed E-state index contributed by atoms with van der Waals surface area (Å²) < 4.78 is 10.3. The zero-order chi connectivity index (χ0) is 11.7. The van der Waals surface area contributed by atoms with Crippen LogP contribution in [0.5, 0.6) is 0 Å². The van der Waals surface area contributed by atoms with Gasteiger partial charge in [-0.15, -0.1) is 0 Å². The second kappa shape index (κ2) is 4.18. The normalized spacial score (nSPS) is 18.8. The number of aromatic nitrogens is 1. The third kappa shape index (κ3) is 2.45. The summed E-state index contributed by atoms with van der Waals surface area (Å²) in [5.41, 5.74) is 3.17. The Labute approximate surface area is 99.7 Å². The summed E-state index contributed by atoms with van der Waals surface area (Å²) in [6.07, 6.45) is 4.16. The van der Waals surface area contributed by atoms with Crippen LogP contribution in [-0.2, 0) is 4.74 Å². The molecule has 2 heterocycles. The van der Waals surface area contributed by atoms with Gasteiger partial charge < -0.3 is 9.26 Å². The van der Waals surface area contributed by atoms with Crippen LogP contribution in [0, 0.1) is 6.92 Å². The van der Waals surface area contributed by atoms with E-state index in [2.05, 4.69) is 24.2 Å². The van der Waals surface area contributed by atoms with Gasteiger partial charge in [0.05, 0.1) is 12.7 Å². The Hall–Kier alpha value is -1.87. The molecule has 17 heavy (non-hydrogen) atoms. The maximum absolute atomic E-state index is 5.24. The lowest BCUT2D eigenvalue weighted by Gasteiger charge is -1.95. The predicted molar refractivity (Wildman–Crippen MR) is 65.5 cm³/mol. The molecule has 1 unspecified atom stereocenters. The van der Waals surface area contributed by atoms with Gasteiger partial charge in [-0.25, -0.2) is 0 Å². The number of benzene rings is 1. The molecule has 0 amide bonds. The first-order valence-corrected chi connectivity index (χ1v) is 5.65. The van der Waals surface area contributed by atoms with Gasteiger partial charge in [-0.05, 0) is 19.1 Å². The van der Waals surface area contributed by atoms with E-state index in [-0.39, 0.29) is 6.10 Å². The Morgan fingerprint density at radius 1 is 1.29 bits per heavy atom. The lowest BCUT2D eigenvalue weighted by Crippen LogP contribution is -1.77. The SMILES string of the molecule is Cc1ccc(-c2cc(C=CC3CO3)on2)cc1. The summed E-state index contributed by atoms with van der Waals surface area (Å²) in [7, 11) is 0. The number of epoxide rings is 1. The molecule has 0 N–H and O–H groups in total. The number of hydrogen-bond acceptors (Lipinski definition) is 3. The van der Waals surface area contributed by atoms with Gasteiger partial charge in [0.15, 0.2) is 5.76 Å². The Bertz CT molecular complexity index is 536. The lowest BCUT2D eigenvalue weighted by atomic mass is 10.1. The van der Waals surface area contributed by atoms with Crippen molar-refractivity contribution >= 4 is 6.08 Å². The van der Waals surface area contributed by atoms with Crippen molar-refractivity contribution in [1.82, 2.24) is 5.16 Å². The first kappa shape index (κ1) is 10.3. The summed E-state index contributed by atoms with van der Waals surface area (Å²) in [6, 6.07) is 10.2. The van der Waals surface area contributed by atoms with Crippen LogP contribution in [0.4, 0.5) is 0 Å². The van der Waals surface area contributed by atoms with Gasteiger partial charge in [0, 0.05) is 11.6 Å². The van der Waals surface area contributed by atoms with Gasteiger partial charge in [0.25, 0.3) is 0 Å². The van der Waals surface area contributed by atoms with Crippen molar-refractivity contribution in [2.24, 2.45) is 0 Å². The maximum Gasteiger partial charge on any atom is 0.160 e. The van der Waals surface area contributed by atoms with Crippen molar-refractivity contribution in [3.05, 3.63) is 47.7 Å². The van der Waals surface area contributed by atoms with E-state index in [0.29, 0.717) is 0 Å². The van der Waals surface area contributed by atoms with Crippen LogP contribution in [0.25, 0.3) is 17.3 Å². The average molecular weight is 227 g/mol. The summed E-state index contributed by atoms with van der Waals surface area (Å²) in [5.74, 6) is 0.760. The van der Waals surface area contributed by atoms with Crippen molar-refractivity contribution in [2.45, 2.75) is 13.0 Å². The number of rotatable bonds is 3. The highest BCUT2D eigenvalue weighted by Gasteiger charge is 2.18. The van der Waals surface area contributed by atoms with Crippen molar-refractivity contribution in [1.29, 1.82) is 0 Å². The van der Waals surface area contributed by atoms with Gasteiger partial charge in [0.2, 0.25) is 0 Å². The Balaban J connectivity index is 1.81. The molecule has 0 spiro atoms. The average Bonchev–Trinajstić information content (AvgIpc) is 3.06. The van der Waals surface area contributed by atoms with E-state index in [1.807, 2.05) is 30.4 Å². The quantitative estimate of drug-likeness (QED) is 0.756. The molecule has 3 nitrogen and oxygen atoms in total. The fourth-order valence-electron chi connectivity index (χ4n) is 1.60. The van der Waals surface area contributed by atoms with Crippen molar-refractivity contribution in [2.75, 3.05) is 6.61 Å². The molecular formula is C14H13NO2. The summed E-state index contributed by atoms with van der Waals surface area (Å²) in [5, 5.41) is 4.05. The monoisotopic (exact) mass is 227 g/mol. The molecule has 1 aromatic heterocycles. The Morgan fingerprint density at radius 2 is 2.06 bits per heavy atom. The van der Waals surface area contributed by atoms with Crippen molar-refractivity contribution in [3.8, 4) is 11.3 Å². The van der Waals surface area contributed by atoms with E-state index in [4.69, 9.17) is 9.26 Å². The first-order chi connectivity index (χ1) is 8.31. The Kier molecular flexibility index (Phi) is 2.53. The zero-order valence-corrected chi connectivity index (χ0v) is 9.59. The van der Waals surface area contributed by atoms with Crippen molar-refractivity contribution in [3.63, 3.8) is 0 Å². The van der Waals surface area contributed by atoms with E-state index < -0.39 is 0 Å². The third-order valence-electron chi connectivity index (χ3n) is 2.71. The maximum atomic E-state index is 5.24. The largest absolute Gasteiger partial charge is 0.369 e. The van der Waals surface area contributed by atoms with E-state index in [1.165, 1.54) is 5.56 Å². The van der Waals surface area contributed by atoms with E-state index in [9.17, 15) is 0 Å². The summed E-state index contributed by atoms with van der Waals surface area (Å²) in [4.78, 5) is 0. The van der Waals surface area contributed by atoms with Crippen LogP contribution in [-0.4, -0.2) is 17.9 Å². The van der Waals surface area contributed by atoms with Crippen LogP contribution in [0.1, 0.15) is 11.3 Å². The predicted octanol–water partition coefficient (Wildman–Crippen LogP) is 3.06. The van der Waals surface area contributed by atoms with Gasteiger partial charge in [-0.3, -0.25) is 0 Å². The van der Waals surface area contributed by atoms with Crippen molar-refractivity contribution < 1.29 is 9.26 Å². The fourth-order valence-corrected chi connectivity index (χ4v) is 1.60. The number of aryl methyl sites for hydroxylation is 1. The fraction of sp³-hybridized carbons (Fsp3) is 0.214. The second-order valence-electron chi connectivity index (χ2n) is 4.21. The molecule has 2 aromatic rings. The minimum Gasteiger partial charge on any atom is -0.369 e. The molecule has 1 fully saturated rings. The van der Waals surface area contributed by atoms with Crippen LogP contribution in [0.15, 0.2) is 40.9 Å². The molecule has 3 rings (SSSR count). The first-order valence-electron chi connectivity index (χ1n) is 5.65. The van der Waals surface area contributed by atoms with Crippen LogP contribution < -0.4 is 0 Å². The molecule has 1 aliphatic heterocycles. The molecule has 0 saturated carbocycles. The standard InChI is InChI=1S/C14H13NO2/c1-10-2-4-11(5-3-10)14-8-12(17-15-14)6-7-13-9-16-13/h2-8,13H,9H2,1H3. The summed E-state index contributed by atoms with van der Waals surface area (Å²) in [6.45, 7) is 2.88. The number of nitrogens with zero attached hydrogens (tertiary/aromatic N) is 1. The molecule has 1 atom stereocenters. The highest BCUT2D eigenvalue weighted by Crippen LogP contribution is 2.21. The highest BCUT2D eigenvalue weighted by molar-refractivity contribution is 5.61. The van der Waals surface area contributed by atoms with E-state index >= 15 is 0 Å². The smallest absolute Gasteiger partial charge is 0.160 e. The molecule has 86 valence electrons. The minimum absolute atomic E-state index is 0.267. The lowest BCUT2D eigenvalue weighted by molar-refractivity contribution is 0.414. The van der Waals surface area contributed by atoms with Crippen LogP contribution in [0.2, 0.25) is 0 Å². The molecule has 1 aromatic carbocycles. The molecule has 0 radical (unpaired) electrons. The number of hydrogen-bond donors (Lipinski definition) is 0. The van der Waals surface area contributed by atoms with Gasteiger partial charge in [-0.1, -0.05) is 35.0 Å². The van der Waals surface area contributed by atoms with Crippen LogP contribution >= 0.6 is 0 Å². The van der Waals surface area contributed by atoms with Gasteiger partial charge >= 0.3 is 0 Å². The molecular weight excluding hydrogens is 214 g/mol. The Morgan fingerprint density at radius 3 is 2.76 bits per heavy atom. The van der Waals surface area contributed by atoms with Gasteiger partial charge in [0.1, 0.15) is 5.69 Å². The topological polar surface area (TPSA) is 38.6 Å². The molecule has 0 bridgehead atoms. The molecule has 1 saturated heterocycles. The number of ether oxygens (including phenoxy) is 1. The molecule has 3 heteroatoms. The van der Waals surface area contributed by atoms with E-state index in [0.717, 1.165) is 23.6 Å². The highest BCUT2D eigenvalue weighted by atomic mass is 16.6. The third-order valence-corrected chi connectivity index (χ3v) is 2.71. The van der Waals surface area contributed by atoms with E-state index in [1.54, 1.807) is 0 Å². The van der Waals surface area contributed by atoms with Gasteiger partial charge in [-0.2, -0.15) is 0 Å².